The van der Waals surface area contributed by atoms with Gasteiger partial charge in [0.15, 0.2) is 6.10 Å². The van der Waals surface area contributed by atoms with Crippen LogP contribution >= 0.6 is 0 Å². The first-order valence-corrected chi connectivity index (χ1v) is 8.63. The van der Waals surface area contributed by atoms with Gasteiger partial charge in [0.25, 0.3) is 5.91 Å². The number of ether oxygens (including phenoxy) is 1. The van der Waals surface area contributed by atoms with Crippen molar-refractivity contribution in [3.8, 4) is 0 Å². The number of nitrogens with zero attached hydrogens (tertiary/aromatic N) is 2. The molecule has 2 saturated heterocycles. The predicted octanol–water partition coefficient (Wildman–Crippen LogP) is 0.990. The minimum atomic E-state index is -1.08. The van der Waals surface area contributed by atoms with Crippen LogP contribution in [0.3, 0.4) is 0 Å². The molecule has 0 aromatic heterocycles. The third-order valence-electron chi connectivity index (χ3n) is 4.80. The van der Waals surface area contributed by atoms with Crippen LogP contribution in [0.4, 0.5) is 4.39 Å². The normalized spacial score (nSPS) is 23.6. The molecule has 2 aliphatic heterocycles. The Bertz CT molecular complexity index is 693. The Hall–Kier alpha value is -2.48. The van der Waals surface area contributed by atoms with E-state index in [0.717, 1.165) is 0 Å². The maximum absolute atomic E-state index is 13.0. The number of amides is 2. The van der Waals surface area contributed by atoms with E-state index in [0.29, 0.717) is 31.5 Å². The second-order valence-corrected chi connectivity index (χ2v) is 6.58. The zero-order valence-electron chi connectivity index (χ0n) is 14.3. The smallest absolute Gasteiger partial charge is 0.334 e. The molecule has 3 rings (SSSR count). The molecule has 26 heavy (non-hydrogen) atoms. The highest BCUT2D eigenvalue weighted by Crippen LogP contribution is 2.22. The number of halogens is 1. The van der Waals surface area contributed by atoms with E-state index < -0.39 is 17.9 Å². The zero-order chi connectivity index (χ0) is 18.7. The van der Waals surface area contributed by atoms with Crippen LogP contribution < -0.4 is 0 Å². The number of carboxylic acid groups (broad SMARTS) is 1. The fraction of sp³-hybridized carbons (Fsp3) is 0.500. The third kappa shape index (κ3) is 4.01. The van der Waals surface area contributed by atoms with Gasteiger partial charge >= 0.3 is 5.97 Å². The van der Waals surface area contributed by atoms with Crippen molar-refractivity contribution in [2.45, 2.75) is 18.9 Å². The Balaban J connectivity index is 1.64. The van der Waals surface area contributed by atoms with Gasteiger partial charge in [-0.05, 0) is 37.1 Å². The number of hydrogen-bond acceptors (Lipinski definition) is 4. The Morgan fingerprint density at radius 1 is 1.08 bits per heavy atom. The molecule has 7 nitrogen and oxygen atoms in total. The maximum Gasteiger partial charge on any atom is 0.334 e. The quantitative estimate of drug-likeness (QED) is 0.864. The van der Waals surface area contributed by atoms with Gasteiger partial charge in [0.2, 0.25) is 5.91 Å². The first kappa shape index (κ1) is 18.3. The summed E-state index contributed by atoms with van der Waals surface area (Å²) >= 11 is 0. The minimum absolute atomic E-state index is 0.0244. The summed E-state index contributed by atoms with van der Waals surface area (Å²) < 4.78 is 18.2. The number of carbonyl (C=O) groups is 3. The monoisotopic (exact) mass is 364 g/mol. The molecular weight excluding hydrogens is 343 g/mol. The van der Waals surface area contributed by atoms with Gasteiger partial charge in [0.05, 0.1) is 19.1 Å². The summed E-state index contributed by atoms with van der Waals surface area (Å²) in [6, 6.07) is 5.34. The summed E-state index contributed by atoms with van der Waals surface area (Å²) in [4.78, 5) is 39.5. The van der Waals surface area contributed by atoms with E-state index >= 15 is 0 Å². The number of rotatable bonds is 3. The first-order valence-electron chi connectivity index (χ1n) is 8.63. The van der Waals surface area contributed by atoms with Crippen LogP contribution in [0.1, 0.15) is 23.2 Å². The Morgan fingerprint density at radius 3 is 2.50 bits per heavy atom. The van der Waals surface area contributed by atoms with Gasteiger partial charge in [-0.25, -0.2) is 9.18 Å². The Kier molecular flexibility index (Phi) is 5.51. The molecule has 2 unspecified atom stereocenters. The molecule has 2 atom stereocenters. The highest BCUT2D eigenvalue weighted by Gasteiger charge is 2.35. The van der Waals surface area contributed by atoms with E-state index in [1.54, 1.807) is 4.90 Å². The van der Waals surface area contributed by atoms with Crippen molar-refractivity contribution in [3.63, 3.8) is 0 Å². The van der Waals surface area contributed by atoms with Gasteiger partial charge < -0.3 is 19.6 Å². The SMILES string of the molecule is O=C(O)C1CN(C(=O)C2CCCN(C(=O)c3ccc(F)cc3)C2)CCO1. The molecule has 1 aromatic carbocycles. The van der Waals surface area contributed by atoms with Crippen molar-refractivity contribution in [1.29, 1.82) is 0 Å². The van der Waals surface area contributed by atoms with E-state index in [-0.39, 0.29) is 37.4 Å². The zero-order valence-corrected chi connectivity index (χ0v) is 14.3. The number of carbonyl (C=O) groups excluding carboxylic acids is 2. The second kappa shape index (κ2) is 7.82. The molecule has 8 heteroatoms. The van der Waals surface area contributed by atoms with Crippen molar-refractivity contribution in [2.24, 2.45) is 5.92 Å². The van der Waals surface area contributed by atoms with Gasteiger partial charge in [-0.15, -0.1) is 0 Å². The number of hydrogen-bond donors (Lipinski definition) is 1. The van der Waals surface area contributed by atoms with Crippen molar-refractivity contribution in [3.05, 3.63) is 35.6 Å². The Morgan fingerprint density at radius 2 is 1.81 bits per heavy atom. The van der Waals surface area contributed by atoms with Crippen molar-refractivity contribution in [2.75, 3.05) is 32.8 Å². The number of likely N-dealkylation sites (tertiary alicyclic amines) is 1. The van der Waals surface area contributed by atoms with Crippen LogP contribution in [0.2, 0.25) is 0 Å². The number of carboxylic acids is 1. The van der Waals surface area contributed by atoms with E-state index in [1.807, 2.05) is 0 Å². The molecule has 0 bridgehead atoms. The molecule has 2 amide bonds. The molecule has 2 fully saturated rings. The standard InChI is InChI=1S/C18H21FN2O5/c19-14-5-3-12(4-6-14)16(22)20-7-1-2-13(10-20)17(23)21-8-9-26-15(11-21)18(24)25/h3-6,13,15H,1-2,7-11H2,(H,24,25). The van der Waals surface area contributed by atoms with Crippen molar-refractivity contribution >= 4 is 17.8 Å². The highest BCUT2D eigenvalue weighted by molar-refractivity contribution is 5.94. The molecule has 2 heterocycles. The van der Waals surface area contributed by atoms with E-state index in [4.69, 9.17) is 9.84 Å². The molecule has 1 aromatic rings. The van der Waals surface area contributed by atoms with Crippen LogP contribution in [0.25, 0.3) is 0 Å². The van der Waals surface area contributed by atoms with Gasteiger partial charge in [0.1, 0.15) is 5.82 Å². The highest BCUT2D eigenvalue weighted by atomic mass is 19.1. The third-order valence-corrected chi connectivity index (χ3v) is 4.80. The lowest BCUT2D eigenvalue weighted by atomic mass is 9.95. The van der Waals surface area contributed by atoms with Crippen LogP contribution in [-0.4, -0.2) is 71.6 Å². The summed E-state index contributed by atoms with van der Waals surface area (Å²) in [5.41, 5.74) is 0.386. The number of aliphatic carboxylic acids is 1. The van der Waals surface area contributed by atoms with E-state index in [1.165, 1.54) is 29.2 Å². The lowest BCUT2D eigenvalue weighted by Gasteiger charge is -2.37. The van der Waals surface area contributed by atoms with E-state index in [9.17, 15) is 18.8 Å². The van der Waals surface area contributed by atoms with Crippen molar-refractivity contribution in [1.82, 2.24) is 9.80 Å². The predicted molar refractivity (Wildman–Crippen MR) is 89.0 cm³/mol. The lowest BCUT2D eigenvalue weighted by molar-refractivity contribution is -0.161. The van der Waals surface area contributed by atoms with Gasteiger partial charge in [-0.2, -0.15) is 0 Å². The molecule has 140 valence electrons. The van der Waals surface area contributed by atoms with Crippen LogP contribution in [-0.2, 0) is 14.3 Å². The number of benzene rings is 1. The molecule has 2 aliphatic rings. The summed E-state index contributed by atoms with van der Waals surface area (Å²) in [5.74, 6) is -2.22. The van der Waals surface area contributed by atoms with Crippen LogP contribution in [0.5, 0.6) is 0 Å². The molecule has 0 aliphatic carbocycles. The second-order valence-electron chi connectivity index (χ2n) is 6.58. The number of piperidine rings is 1. The van der Waals surface area contributed by atoms with Gasteiger partial charge in [0, 0.05) is 25.2 Å². The van der Waals surface area contributed by atoms with Gasteiger partial charge in [-0.1, -0.05) is 0 Å². The molecule has 0 spiro atoms. The average Bonchev–Trinajstić information content (AvgIpc) is 2.67. The maximum atomic E-state index is 13.0. The molecular formula is C18H21FN2O5. The Labute approximate surface area is 150 Å². The summed E-state index contributed by atoms with van der Waals surface area (Å²) in [6.45, 7) is 1.39. The first-order chi connectivity index (χ1) is 12.5. The number of morpholine rings is 1. The largest absolute Gasteiger partial charge is 0.479 e. The molecule has 0 radical (unpaired) electrons. The molecule has 1 N–H and O–H groups in total. The van der Waals surface area contributed by atoms with Crippen LogP contribution in [0, 0.1) is 11.7 Å². The van der Waals surface area contributed by atoms with Crippen LogP contribution in [0.15, 0.2) is 24.3 Å². The van der Waals surface area contributed by atoms with E-state index in [2.05, 4.69) is 0 Å². The summed E-state index contributed by atoms with van der Waals surface area (Å²) in [7, 11) is 0. The minimum Gasteiger partial charge on any atom is -0.479 e. The van der Waals surface area contributed by atoms with Crippen molar-refractivity contribution < 1.29 is 28.6 Å². The van der Waals surface area contributed by atoms with Gasteiger partial charge in [-0.3, -0.25) is 9.59 Å². The lowest BCUT2D eigenvalue weighted by Crippen LogP contribution is -2.53. The topological polar surface area (TPSA) is 87.2 Å². The average molecular weight is 364 g/mol. The fourth-order valence-corrected chi connectivity index (χ4v) is 3.40. The fourth-order valence-electron chi connectivity index (χ4n) is 3.40. The molecule has 0 saturated carbocycles. The summed E-state index contributed by atoms with van der Waals surface area (Å²) in [6.07, 6.45) is 0.338. The summed E-state index contributed by atoms with van der Waals surface area (Å²) in [5, 5.41) is 9.07.